The average molecular weight is 294 g/mol. The molecule has 2 aromatic rings. The maximum absolute atomic E-state index is 11.9. The molecule has 114 valence electrons. The molecule has 0 atom stereocenters. The van der Waals surface area contributed by atoms with E-state index in [-0.39, 0.29) is 5.91 Å². The highest BCUT2D eigenvalue weighted by molar-refractivity contribution is 5.77. The molecule has 2 rings (SSSR count). The number of hydrogen-bond acceptors (Lipinski definition) is 2. The zero-order chi connectivity index (χ0) is 15.6. The smallest absolute Gasteiger partial charge is 0.238 e. The number of carbonyl (C=O) groups is 1. The van der Waals surface area contributed by atoms with E-state index in [4.69, 9.17) is 0 Å². The van der Waals surface area contributed by atoms with Gasteiger partial charge in [-0.2, -0.15) is 0 Å². The van der Waals surface area contributed by atoms with Crippen LogP contribution in [0, 0.1) is 0 Å². The third-order valence-electron chi connectivity index (χ3n) is 3.42. The van der Waals surface area contributed by atoms with E-state index in [2.05, 4.69) is 23.0 Å². The van der Waals surface area contributed by atoms with Crippen LogP contribution >= 0.6 is 0 Å². The van der Waals surface area contributed by atoms with Crippen LogP contribution in [-0.2, 0) is 11.2 Å². The molecule has 0 aliphatic rings. The second-order valence-electron chi connectivity index (χ2n) is 5.08. The first-order valence-corrected chi connectivity index (χ1v) is 7.60. The summed E-state index contributed by atoms with van der Waals surface area (Å²) in [6.45, 7) is 1.94. The molecule has 0 heterocycles. The minimum absolute atomic E-state index is 0.00575. The summed E-state index contributed by atoms with van der Waals surface area (Å²) in [5.41, 5.74) is 8.97. The van der Waals surface area contributed by atoms with Crippen molar-refractivity contribution < 1.29 is 4.79 Å². The van der Waals surface area contributed by atoms with Crippen molar-refractivity contribution in [3.8, 4) is 0 Å². The second kappa shape index (κ2) is 8.67. The van der Waals surface area contributed by atoms with E-state index < -0.39 is 0 Å². The van der Waals surface area contributed by atoms with Crippen molar-refractivity contribution in [2.24, 2.45) is 0 Å². The highest BCUT2D eigenvalue weighted by atomic mass is 16.2. The third-order valence-corrected chi connectivity index (χ3v) is 3.42. The Bertz CT molecular complexity index is 606. The van der Waals surface area contributed by atoms with E-state index in [1.54, 1.807) is 0 Å². The largest absolute Gasteiger partial charge is 0.298 e. The lowest BCUT2D eigenvalue weighted by Gasteiger charge is -2.12. The van der Waals surface area contributed by atoms with Crippen molar-refractivity contribution in [2.45, 2.75) is 26.2 Å². The molecule has 0 aliphatic carbocycles. The topological polar surface area (TPSA) is 41.1 Å². The van der Waals surface area contributed by atoms with E-state index in [0.717, 1.165) is 24.1 Å². The van der Waals surface area contributed by atoms with Crippen molar-refractivity contribution in [3.05, 3.63) is 77.9 Å². The number of benzene rings is 2. The molecule has 0 radical (unpaired) electrons. The van der Waals surface area contributed by atoms with Crippen LogP contribution in [0.15, 0.2) is 66.7 Å². The number of allylic oxidation sites excluding steroid dienone is 1. The van der Waals surface area contributed by atoms with E-state index >= 15 is 0 Å². The molecule has 0 unspecified atom stereocenters. The van der Waals surface area contributed by atoms with Gasteiger partial charge in [-0.3, -0.25) is 15.6 Å². The number of carbonyl (C=O) groups excluding carboxylic acids is 1. The van der Waals surface area contributed by atoms with Crippen LogP contribution in [0.25, 0.3) is 5.70 Å². The summed E-state index contributed by atoms with van der Waals surface area (Å²) in [6.07, 6.45) is 4.21. The Morgan fingerprint density at radius 2 is 1.59 bits per heavy atom. The number of rotatable bonds is 7. The van der Waals surface area contributed by atoms with Crippen molar-refractivity contribution in [2.75, 3.05) is 0 Å². The maximum Gasteiger partial charge on any atom is 0.238 e. The van der Waals surface area contributed by atoms with Crippen molar-refractivity contribution in [1.29, 1.82) is 0 Å². The van der Waals surface area contributed by atoms with Gasteiger partial charge in [0.05, 0.1) is 5.70 Å². The lowest BCUT2D eigenvalue weighted by molar-refractivity contribution is -0.121. The Labute approximate surface area is 132 Å². The fourth-order valence-corrected chi connectivity index (χ4v) is 2.23. The van der Waals surface area contributed by atoms with Gasteiger partial charge in [-0.05, 0) is 30.9 Å². The Hall–Kier alpha value is -2.55. The molecule has 2 aromatic carbocycles. The van der Waals surface area contributed by atoms with Gasteiger partial charge in [0.15, 0.2) is 0 Å². The number of amides is 1. The van der Waals surface area contributed by atoms with Gasteiger partial charge in [0.25, 0.3) is 0 Å². The highest BCUT2D eigenvalue weighted by Gasteiger charge is 2.03. The van der Waals surface area contributed by atoms with Crippen molar-refractivity contribution in [1.82, 2.24) is 10.9 Å². The van der Waals surface area contributed by atoms with Gasteiger partial charge in [-0.25, -0.2) is 0 Å². The van der Waals surface area contributed by atoms with E-state index in [1.165, 1.54) is 5.56 Å². The minimum atomic E-state index is 0.00575. The van der Waals surface area contributed by atoms with Gasteiger partial charge in [-0.1, -0.05) is 66.7 Å². The molecule has 0 aromatic heterocycles. The van der Waals surface area contributed by atoms with Crippen molar-refractivity contribution in [3.63, 3.8) is 0 Å². The molecule has 0 bridgehead atoms. The van der Waals surface area contributed by atoms with E-state index in [0.29, 0.717) is 6.42 Å². The first kappa shape index (κ1) is 15.8. The predicted molar refractivity (Wildman–Crippen MR) is 90.8 cm³/mol. The molecule has 0 aliphatic heterocycles. The van der Waals surface area contributed by atoms with Crippen LogP contribution < -0.4 is 10.9 Å². The standard InChI is InChI=1S/C19H22N2O/c1-2-18(17-13-7-4-8-14-17)20-21-19(22)15-9-12-16-10-5-3-6-11-16/h2-8,10-11,13-14,20H,9,12,15H2,1H3,(H,21,22). The molecule has 0 saturated carbocycles. The Balaban J connectivity index is 1.73. The number of hydrazine groups is 1. The Kier molecular flexibility index (Phi) is 6.24. The summed E-state index contributed by atoms with van der Waals surface area (Å²) >= 11 is 0. The van der Waals surface area contributed by atoms with Gasteiger partial charge in [0.1, 0.15) is 0 Å². The zero-order valence-electron chi connectivity index (χ0n) is 12.9. The quantitative estimate of drug-likeness (QED) is 0.765. The van der Waals surface area contributed by atoms with Gasteiger partial charge in [0.2, 0.25) is 5.91 Å². The molecule has 2 N–H and O–H groups in total. The van der Waals surface area contributed by atoms with Crippen LogP contribution in [0.3, 0.4) is 0 Å². The molecular formula is C19H22N2O. The fraction of sp³-hybridized carbons (Fsp3) is 0.211. The second-order valence-corrected chi connectivity index (χ2v) is 5.08. The van der Waals surface area contributed by atoms with E-state index in [9.17, 15) is 4.79 Å². The lowest BCUT2D eigenvalue weighted by Crippen LogP contribution is -2.36. The average Bonchev–Trinajstić information content (AvgIpc) is 2.57. The van der Waals surface area contributed by atoms with Gasteiger partial charge < -0.3 is 0 Å². The van der Waals surface area contributed by atoms with Gasteiger partial charge >= 0.3 is 0 Å². The van der Waals surface area contributed by atoms with E-state index in [1.807, 2.05) is 61.5 Å². The first-order valence-electron chi connectivity index (χ1n) is 7.60. The van der Waals surface area contributed by atoms with Crippen LogP contribution in [0.2, 0.25) is 0 Å². The predicted octanol–water partition coefficient (Wildman–Crippen LogP) is 3.69. The summed E-state index contributed by atoms with van der Waals surface area (Å²) in [5.74, 6) is 0.00575. The maximum atomic E-state index is 11.9. The molecule has 0 fully saturated rings. The molecule has 22 heavy (non-hydrogen) atoms. The van der Waals surface area contributed by atoms with Crippen LogP contribution in [0.1, 0.15) is 30.9 Å². The molecule has 3 heteroatoms. The summed E-state index contributed by atoms with van der Waals surface area (Å²) in [6, 6.07) is 20.1. The Morgan fingerprint density at radius 1 is 0.955 bits per heavy atom. The number of aryl methyl sites for hydroxylation is 1. The Morgan fingerprint density at radius 3 is 2.23 bits per heavy atom. The molecule has 3 nitrogen and oxygen atoms in total. The number of nitrogens with one attached hydrogen (secondary N) is 2. The number of hydrogen-bond donors (Lipinski definition) is 2. The fourth-order valence-electron chi connectivity index (χ4n) is 2.23. The first-order chi connectivity index (χ1) is 10.8. The monoisotopic (exact) mass is 294 g/mol. The SMILES string of the molecule is CC=C(NNC(=O)CCCc1ccccc1)c1ccccc1. The molecule has 1 amide bonds. The summed E-state index contributed by atoms with van der Waals surface area (Å²) in [5, 5.41) is 0. The van der Waals surface area contributed by atoms with Crippen LogP contribution in [0.5, 0.6) is 0 Å². The molecular weight excluding hydrogens is 272 g/mol. The molecule has 0 spiro atoms. The lowest BCUT2D eigenvalue weighted by atomic mass is 10.1. The summed E-state index contributed by atoms with van der Waals surface area (Å²) in [4.78, 5) is 11.9. The third kappa shape index (κ3) is 5.09. The van der Waals surface area contributed by atoms with Crippen LogP contribution in [0.4, 0.5) is 0 Å². The highest BCUT2D eigenvalue weighted by Crippen LogP contribution is 2.09. The van der Waals surface area contributed by atoms with Gasteiger partial charge in [-0.15, -0.1) is 0 Å². The van der Waals surface area contributed by atoms with Crippen LogP contribution in [-0.4, -0.2) is 5.91 Å². The molecule has 0 saturated heterocycles. The van der Waals surface area contributed by atoms with Crippen molar-refractivity contribution >= 4 is 11.6 Å². The summed E-state index contributed by atoms with van der Waals surface area (Å²) in [7, 11) is 0. The minimum Gasteiger partial charge on any atom is -0.298 e. The normalized spacial score (nSPS) is 11.0. The van der Waals surface area contributed by atoms with Gasteiger partial charge in [0, 0.05) is 6.42 Å². The summed E-state index contributed by atoms with van der Waals surface area (Å²) < 4.78 is 0. The zero-order valence-corrected chi connectivity index (χ0v) is 12.9.